The minimum atomic E-state index is 0.631. The van der Waals surface area contributed by atoms with E-state index in [4.69, 9.17) is 4.74 Å². The molecule has 0 aliphatic carbocycles. The molecular weight excluding hydrogens is 230 g/mol. The van der Waals surface area contributed by atoms with Crippen molar-refractivity contribution in [1.29, 1.82) is 0 Å². The smallest absolute Gasteiger partial charge is 0.0862 e. The first kappa shape index (κ1) is 8.78. The second-order valence-corrected chi connectivity index (χ2v) is 3.87. The molecule has 1 N–H and O–H groups in total. The van der Waals surface area contributed by atoms with Gasteiger partial charge in [0.1, 0.15) is 0 Å². The summed E-state index contributed by atoms with van der Waals surface area (Å²) in [6, 6.07) is 8.28. The topological polar surface area (TPSA) is 25.0 Å². The molecule has 1 aromatic heterocycles. The summed E-state index contributed by atoms with van der Waals surface area (Å²) in [5.74, 6) is 0. The highest BCUT2D eigenvalue weighted by atomic mass is 79.9. The van der Waals surface area contributed by atoms with Crippen molar-refractivity contribution >= 4 is 26.8 Å². The third kappa shape index (κ3) is 1.76. The normalized spacial score (nSPS) is 10.9. The van der Waals surface area contributed by atoms with Crippen LogP contribution in [0.4, 0.5) is 0 Å². The Bertz CT molecular complexity index is 422. The maximum atomic E-state index is 5.04. The Kier molecular flexibility index (Phi) is 2.38. The van der Waals surface area contributed by atoms with Gasteiger partial charge in [0.15, 0.2) is 0 Å². The van der Waals surface area contributed by atoms with Gasteiger partial charge in [-0.15, -0.1) is 0 Å². The van der Waals surface area contributed by atoms with Crippen LogP contribution in [0, 0.1) is 0 Å². The van der Waals surface area contributed by atoms with Crippen LogP contribution in [0.25, 0.3) is 10.9 Å². The van der Waals surface area contributed by atoms with Crippen molar-refractivity contribution in [2.24, 2.45) is 0 Å². The summed E-state index contributed by atoms with van der Waals surface area (Å²) in [4.78, 5) is 3.28. The maximum absolute atomic E-state index is 5.04. The highest BCUT2D eigenvalue weighted by Crippen LogP contribution is 2.20. The Labute approximate surface area is 85.0 Å². The molecule has 3 heteroatoms. The second-order valence-electron chi connectivity index (χ2n) is 2.96. The number of methoxy groups -OCH3 is 1. The summed E-state index contributed by atoms with van der Waals surface area (Å²) >= 11 is 3.43. The third-order valence-corrected chi connectivity index (χ3v) is 2.43. The van der Waals surface area contributed by atoms with E-state index in [1.807, 2.05) is 6.07 Å². The van der Waals surface area contributed by atoms with Gasteiger partial charge in [-0.3, -0.25) is 0 Å². The third-order valence-electron chi connectivity index (χ3n) is 1.94. The number of hydrogen-bond donors (Lipinski definition) is 1. The molecule has 0 aliphatic heterocycles. The largest absolute Gasteiger partial charge is 0.378 e. The van der Waals surface area contributed by atoms with Gasteiger partial charge < -0.3 is 9.72 Å². The molecule has 0 fully saturated rings. The summed E-state index contributed by atoms with van der Waals surface area (Å²) in [5, 5.41) is 1.22. The van der Waals surface area contributed by atoms with Crippen LogP contribution in [0.3, 0.4) is 0 Å². The molecule has 0 atom stereocenters. The second kappa shape index (κ2) is 3.52. The zero-order valence-corrected chi connectivity index (χ0v) is 8.89. The summed E-state index contributed by atoms with van der Waals surface area (Å²) in [7, 11) is 1.70. The van der Waals surface area contributed by atoms with Gasteiger partial charge in [-0.1, -0.05) is 22.0 Å². The fourth-order valence-corrected chi connectivity index (χ4v) is 1.75. The van der Waals surface area contributed by atoms with Crippen LogP contribution >= 0.6 is 15.9 Å². The minimum Gasteiger partial charge on any atom is -0.378 e. The van der Waals surface area contributed by atoms with Crippen LogP contribution in [0.5, 0.6) is 0 Å². The van der Waals surface area contributed by atoms with Gasteiger partial charge >= 0.3 is 0 Å². The Morgan fingerprint density at radius 1 is 1.38 bits per heavy atom. The van der Waals surface area contributed by atoms with Crippen LogP contribution in [0.2, 0.25) is 0 Å². The first-order chi connectivity index (χ1) is 6.29. The molecule has 2 rings (SSSR count). The first-order valence-electron chi connectivity index (χ1n) is 4.05. The van der Waals surface area contributed by atoms with E-state index in [0.29, 0.717) is 6.61 Å². The van der Waals surface area contributed by atoms with Gasteiger partial charge in [-0.05, 0) is 23.6 Å². The molecule has 2 nitrogen and oxygen atoms in total. The standard InChI is InChI=1S/C10H10BrNO/c1-13-6-9-4-7-2-3-8(11)5-10(7)12-9/h2-5,12H,6H2,1H3. The van der Waals surface area contributed by atoms with Crippen LogP contribution in [-0.2, 0) is 11.3 Å². The summed E-state index contributed by atoms with van der Waals surface area (Å²) in [6.07, 6.45) is 0. The fourth-order valence-electron chi connectivity index (χ4n) is 1.39. The number of halogens is 1. The molecule has 0 aliphatic rings. The predicted octanol–water partition coefficient (Wildman–Crippen LogP) is 3.08. The van der Waals surface area contributed by atoms with E-state index in [0.717, 1.165) is 15.7 Å². The molecular formula is C10H10BrNO. The van der Waals surface area contributed by atoms with Gasteiger partial charge in [-0.2, -0.15) is 0 Å². The van der Waals surface area contributed by atoms with Gasteiger partial charge in [0, 0.05) is 22.8 Å². The molecule has 1 heterocycles. The van der Waals surface area contributed by atoms with Crippen LogP contribution in [0.15, 0.2) is 28.7 Å². The Morgan fingerprint density at radius 2 is 2.23 bits per heavy atom. The zero-order valence-electron chi connectivity index (χ0n) is 7.30. The van der Waals surface area contributed by atoms with E-state index < -0.39 is 0 Å². The number of H-pyrrole nitrogens is 1. The summed E-state index contributed by atoms with van der Waals surface area (Å²) in [5.41, 5.74) is 2.25. The molecule has 13 heavy (non-hydrogen) atoms. The predicted molar refractivity (Wildman–Crippen MR) is 56.7 cm³/mol. The van der Waals surface area contributed by atoms with E-state index in [9.17, 15) is 0 Å². The molecule has 0 bridgehead atoms. The van der Waals surface area contributed by atoms with Crippen molar-refractivity contribution in [3.63, 3.8) is 0 Å². The Morgan fingerprint density at radius 3 is 3.00 bits per heavy atom. The maximum Gasteiger partial charge on any atom is 0.0862 e. The Balaban J connectivity index is 2.49. The average molecular weight is 240 g/mol. The highest BCUT2D eigenvalue weighted by molar-refractivity contribution is 9.10. The molecule has 0 amide bonds. The molecule has 0 saturated heterocycles. The quantitative estimate of drug-likeness (QED) is 0.857. The monoisotopic (exact) mass is 239 g/mol. The van der Waals surface area contributed by atoms with E-state index in [-0.39, 0.29) is 0 Å². The van der Waals surface area contributed by atoms with E-state index >= 15 is 0 Å². The van der Waals surface area contributed by atoms with Crippen molar-refractivity contribution in [3.8, 4) is 0 Å². The lowest BCUT2D eigenvalue weighted by Crippen LogP contribution is -1.85. The van der Waals surface area contributed by atoms with Gasteiger partial charge in [0.05, 0.1) is 6.61 Å². The lowest BCUT2D eigenvalue weighted by atomic mass is 10.2. The molecule has 1 aromatic carbocycles. The van der Waals surface area contributed by atoms with E-state index in [1.165, 1.54) is 5.39 Å². The van der Waals surface area contributed by atoms with Crippen LogP contribution < -0.4 is 0 Å². The summed E-state index contributed by atoms with van der Waals surface area (Å²) in [6.45, 7) is 0.631. The molecule has 0 spiro atoms. The number of fused-ring (bicyclic) bond motifs is 1. The lowest BCUT2D eigenvalue weighted by molar-refractivity contribution is 0.182. The number of ether oxygens (including phenoxy) is 1. The molecule has 68 valence electrons. The van der Waals surface area contributed by atoms with Gasteiger partial charge in [-0.25, -0.2) is 0 Å². The average Bonchev–Trinajstić information content (AvgIpc) is 2.46. The van der Waals surface area contributed by atoms with Crippen molar-refractivity contribution in [2.75, 3.05) is 7.11 Å². The van der Waals surface area contributed by atoms with Crippen molar-refractivity contribution < 1.29 is 4.74 Å². The van der Waals surface area contributed by atoms with E-state index in [2.05, 4.69) is 39.1 Å². The van der Waals surface area contributed by atoms with E-state index in [1.54, 1.807) is 7.11 Å². The molecule has 0 unspecified atom stereocenters. The molecule has 0 radical (unpaired) electrons. The number of aromatic amines is 1. The molecule has 2 aromatic rings. The minimum absolute atomic E-state index is 0.631. The SMILES string of the molecule is COCc1cc2ccc(Br)cc2[nH]1. The Hall–Kier alpha value is -0.800. The van der Waals surface area contributed by atoms with Gasteiger partial charge in [0.2, 0.25) is 0 Å². The van der Waals surface area contributed by atoms with Crippen LogP contribution in [0.1, 0.15) is 5.69 Å². The number of aromatic nitrogens is 1. The zero-order chi connectivity index (χ0) is 9.26. The number of benzene rings is 1. The highest BCUT2D eigenvalue weighted by Gasteiger charge is 1.99. The lowest BCUT2D eigenvalue weighted by Gasteiger charge is -1.91. The van der Waals surface area contributed by atoms with Crippen LogP contribution in [-0.4, -0.2) is 12.1 Å². The molecule has 0 saturated carbocycles. The number of hydrogen-bond acceptors (Lipinski definition) is 1. The van der Waals surface area contributed by atoms with Gasteiger partial charge in [0.25, 0.3) is 0 Å². The first-order valence-corrected chi connectivity index (χ1v) is 4.85. The fraction of sp³-hybridized carbons (Fsp3) is 0.200. The summed E-state index contributed by atoms with van der Waals surface area (Å²) < 4.78 is 6.13. The van der Waals surface area contributed by atoms with Crippen molar-refractivity contribution in [3.05, 3.63) is 34.4 Å². The number of nitrogens with one attached hydrogen (secondary N) is 1. The van der Waals surface area contributed by atoms with Crippen molar-refractivity contribution in [1.82, 2.24) is 4.98 Å². The van der Waals surface area contributed by atoms with Crippen molar-refractivity contribution in [2.45, 2.75) is 6.61 Å². The number of rotatable bonds is 2.